The van der Waals surface area contributed by atoms with E-state index in [-0.39, 0.29) is 0 Å². The molecule has 0 bridgehead atoms. The van der Waals surface area contributed by atoms with Gasteiger partial charge >= 0.3 is 0 Å². The van der Waals surface area contributed by atoms with Gasteiger partial charge in [-0.3, -0.25) is 0 Å². The fourth-order valence-corrected chi connectivity index (χ4v) is 1.12. The summed E-state index contributed by atoms with van der Waals surface area (Å²) < 4.78 is 5.09. The number of carbonyl (C=O) groups is 1. The second-order valence-electron chi connectivity index (χ2n) is 3.23. The van der Waals surface area contributed by atoms with Crippen LogP contribution in [0.4, 0.5) is 0 Å². The minimum Gasteiger partial charge on any atom is -0.469 e. The number of aldehydes is 1. The summed E-state index contributed by atoms with van der Waals surface area (Å²) in [6, 6.07) is 1.84. The molecule has 2 nitrogen and oxygen atoms in total. The van der Waals surface area contributed by atoms with Gasteiger partial charge in [0, 0.05) is 11.0 Å². The van der Waals surface area contributed by atoms with Gasteiger partial charge in [0.1, 0.15) is 12.0 Å². The molecular formula is C9H12O2. The van der Waals surface area contributed by atoms with Crippen molar-refractivity contribution in [1.29, 1.82) is 0 Å². The molecule has 0 unspecified atom stereocenters. The Bertz CT molecular complexity index is 258. The molecule has 0 amide bonds. The molecule has 0 N–H and O–H groups in total. The zero-order chi connectivity index (χ0) is 8.48. The van der Waals surface area contributed by atoms with E-state index in [0.29, 0.717) is 0 Å². The Balaban J connectivity index is 3.10. The zero-order valence-electron chi connectivity index (χ0n) is 7.05. The van der Waals surface area contributed by atoms with E-state index in [4.69, 9.17) is 4.42 Å². The summed E-state index contributed by atoms with van der Waals surface area (Å²) in [5.74, 6) is 0.821. The molecule has 0 aliphatic carbocycles. The number of rotatable bonds is 2. The van der Waals surface area contributed by atoms with Gasteiger partial charge < -0.3 is 9.21 Å². The van der Waals surface area contributed by atoms with Crippen LogP contribution in [0.1, 0.15) is 25.2 Å². The minimum absolute atomic E-state index is 0.420. The van der Waals surface area contributed by atoms with Crippen molar-refractivity contribution in [2.45, 2.75) is 26.2 Å². The number of carbonyl (C=O) groups excluding carboxylic acids is 1. The molecule has 1 aromatic heterocycles. The first kappa shape index (κ1) is 8.05. The maximum atomic E-state index is 10.6. The number of aryl methyl sites for hydroxylation is 1. The Labute approximate surface area is 66.2 Å². The number of hydrogen-bond donors (Lipinski definition) is 0. The van der Waals surface area contributed by atoms with Gasteiger partial charge in [0.15, 0.2) is 0 Å². The molecule has 0 atom stereocenters. The van der Waals surface area contributed by atoms with Gasteiger partial charge in [-0.15, -0.1) is 0 Å². The molecule has 0 fully saturated rings. The summed E-state index contributed by atoms with van der Waals surface area (Å²) in [7, 11) is 0. The molecule has 0 aromatic carbocycles. The molecule has 0 radical (unpaired) electrons. The maximum Gasteiger partial charge on any atom is 0.130 e. The summed E-state index contributed by atoms with van der Waals surface area (Å²) in [5.41, 5.74) is 0.546. The van der Waals surface area contributed by atoms with Crippen LogP contribution < -0.4 is 0 Å². The SMILES string of the molecule is Cc1occc1C(C)(C)C=O. The van der Waals surface area contributed by atoms with E-state index in [1.807, 2.05) is 26.8 Å². The highest BCUT2D eigenvalue weighted by Crippen LogP contribution is 2.24. The first-order chi connectivity index (χ1) is 5.08. The van der Waals surface area contributed by atoms with Crippen LogP contribution in [0.5, 0.6) is 0 Å². The summed E-state index contributed by atoms with van der Waals surface area (Å²) in [4.78, 5) is 10.6. The molecular weight excluding hydrogens is 140 g/mol. The van der Waals surface area contributed by atoms with Crippen LogP contribution in [0, 0.1) is 6.92 Å². The summed E-state index contributed by atoms with van der Waals surface area (Å²) >= 11 is 0. The van der Waals surface area contributed by atoms with E-state index in [1.165, 1.54) is 0 Å². The third kappa shape index (κ3) is 1.34. The Morgan fingerprint density at radius 1 is 1.55 bits per heavy atom. The van der Waals surface area contributed by atoms with Crippen LogP contribution in [0.3, 0.4) is 0 Å². The van der Waals surface area contributed by atoms with Crippen LogP contribution in [-0.4, -0.2) is 6.29 Å². The zero-order valence-corrected chi connectivity index (χ0v) is 7.05. The molecule has 1 rings (SSSR count). The van der Waals surface area contributed by atoms with Crippen LogP contribution in [0.25, 0.3) is 0 Å². The van der Waals surface area contributed by atoms with Gasteiger partial charge in [-0.05, 0) is 26.8 Å². The maximum absolute atomic E-state index is 10.6. The standard InChI is InChI=1S/C9H12O2/c1-7-8(4-5-11-7)9(2,3)6-10/h4-6H,1-3H3. The van der Waals surface area contributed by atoms with Crippen LogP contribution in [-0.2, 0) is 10.2 Å². The summed E-state index contributed by atoms with van der Waals surface area (Å²) in [5, 5.41) is 0. The van der Waals surface area contributed by atoms with Crippen molar-refractivity contribution >= 4 is 6.29 Å². The molecule has 0 spiro atoms. The van der Waals surface area contributed by atoms with Crippen molar-refractivity contribution in [3.63, 3.8) is 0 Å². The van der Waals surface area contributed by atoms with Crippen LogP contribution >= 0.6 is 0 Å². The monoisotopic (exact) mass is 152 g/mol. The number of furan rings is 1. The highest BCUT2D eigenvalue weighted by molar-refractivity contribution is 5.67. The predicted molar refractivity (Wildman–Crippen MR) is 42.5 cm³/mol. The van der Waals surface area contributed by atoms with Gasteiger partial charge in [-0.25, -0.2) is 0 Å². The van der Waals surface area contributed by atoms with Gasteiger partial charge in [0.2, 0.25) is 0 Å². The Morgan fingerprint density at radius 2 is 2.18 bits per heavy atom. The lowest BCUT2D eigenvalue weighted by atomic mass is 9.87. The molecule has 0 saturated heterocycles. The molecule has 1 heterocycles. The smallest absolute Gasteiger partial charge is 0.130 e. The molecule has 60 valence electrons. The third-order valence-electron chi connectivity index (χ3n) is 1.85. The van der Waals surface area contributed by atoms with E-state index in [9.17, 15) is 4.79 Å². The normalized spacial score (nSPS) is 11.5. The van der Waals surface area contributed by atoms with Gasteiger partial charge in [0.25, 0.3) is 0 Å². The van der Waals surface area contributed by atoms with Gasteiger partial charge in [-0.1, -0.05) is 0 Å². The van der Waals surface area contributed by atoms with Gasteiger partial charge in [-0.2, -0.15) is 0 Å². The largest absolute Gasteiger partial charge is 0.469 e. The molecule has 11 heavy (non-hydrogen) atoms. The van der Waals surface area contributed by atoms with Crippen molar-refractivity contribution in [3.8, 4) is 0 Å². The Kier molecular flexibility index (Phi) is 1.85. The van der Waals surface area contributed by atoms with E-state index < -0.39 is 5.41 Å². The quantitative estimate of drug-likeness (QED) is 0.607. The summed E-state index contributed by atoms with van der Waals surface area (Å²) in [6.07, 6.45) is 2.54. The highest BCUT2D eigenvalue weighted by Gasteiger charge is 2.22. The van der Waals surface area contributed by atoms with Crippen molar-refractivity contribution in [2.75, 3.05) is 0 Å². The fraction of sp³-hybridized carbons (Fsp3) is 0.444. The first-order valence-electron chi connectivity index (χ1n) is 3.59. The Hall–Kier alpha value is -1.05. The van der Waals surface area contributed by atoms with Crippen molar-refractivity contribution in [1.82, 2.24) is 0 Å². The van der Waals surface area contributed by atoms with E-state index in [1.54, 1.807) is 6.26 Å². The second-order valence-corrected chi connectivity index (χ2v) is 3.23. The number of hydrogen-bond acceptors (Lipinski definition) is 2. The molecule has 1 aromatic rings. The highest BCUT2D eigenvalue weighted by atomic mass is 16.3. The van der Waals surface area contributed by atoms with E-state index in [2.05, 4.69) is 0 Å². The molecule has 0 aliphatic rings. The lowest BCUT2D eigenvalue weighted by Gasteiger charge is -2.14. The minimum atomic E-state index is -0.420. The van der Waals surface area contributed by atoms with Crippen molar-refractivity contribution < 1.29 is 9.21 Å². The predicted octanol–water partition coefficient (Wildman–Crippen LogP) is 2.06. The first-order valence-corrected chi connectivity index (χ1v) is 3.59. The Morgan fingerprint density at radius 3 is 2.55 bits per heavy atom. The topological polar surface area (TPSA) is 30.2 Å². The fourth-order valence-electron chi connectivity index (χ4n) is 1.12. The van der Waals surface area contributed by atoms with Gasteiger partial charge in [0.05, 0.1) is 6.26 Å². The summed E-state index contributed by atoms with van der Waals surface area (Å²) in [6.45, 7) is 5.61. The van der Waals surface area contributed by atoms with Crippen LogP contribution in [0.15, 0.2) is 16.7 Å². The average molecular weight is 152 g/mol. The van der Waals surface area contributed by atoms with Crippen LogP contribution in [0.2, 0.25) is 0 Å². The van der Waals surface area contributed by atoms with Crippen molar-refractivity contribution in [3.05, 3.63) is 23.7 Å². The molecule has 0 aliphatic heterocycles. The van der Waals surface area contributed by atoms with E-state index >= 15 is 0 Å². The third-order valence-corrected chi connectivity index (χ3v) is 1.85. The average Bonchev–Trinajstić information content (AvgIpc) is 2.36. The second kappa shape index (κ2) is 2.53. The molecule has 2 heteroatoms. The van der Waals surface area contributed by atoms with E-state index in [0.717, 1.165) is 17.6 Å². The van der Waals surface area contributed by atoms with Crippen molar-refractivity contribution in [2.24, 2.45) is 0 Å². The lowest BCUT2D eigenvalue weighted by Crippen LogP contribution is -2.18. The molecule has 0 saturated carbocycles. The lowest BCUT2D eigenvalue weighted by molar-refractivity contribution is -0.111.